The molecule has 0 bridgehead atoms. The lowest BCUT2D eigenvalue weighted by Gasteiger charge is -2.27. The number of nitrogens with one attached hydrogen (secondary N) is 2. The van der Waals surface area contributed by atoms with Crippen molar-refractivity contribution in [2.45, 2.75) is 13.0 Å². The molecule has 0 unspecified atom stereocenters. The number of halogens is 3. The quantitative estimate of drug-likeness (QED) is 0.732. The lowest BCUT2D eigenvalue weighted by Crippen LogP contribution is -2.44. The van der Waals surface area contributed by atoms with E-state index in [0.29, 0.717) is 6.54 Å². The third-order valence-corrected chi connectivity index (χ3v) is 4.09. The fourth-order valence-corrected chi connectivity index (χ4v) is 2.91. The highest BCUT2D eigenvalue weighted by Gasteiger charge is 2.17. The molecule has 1 aliphatic heterocycles. The van der Waals surface area contributed by atoms with E-state index in [1.165, 1.54) is 6.07 Å². The monoisotopic (exact) mass is 355 g/mol. The van der Waals surface area contributed by atoms with Crippen LogP contribution in [0.1, 0.15) is 16.1 Å². The Morgan fingerprint density at radius 3 is 2.86 bits per heavy atom. The molecule has 0 spiro atoms. The number of amides is 1. The zero-order valence-corrected chi connectivity index (χ0v) is 13.7. The van der Waals surface area contributed by atoms with E-state index in [-0.39, 0.29) is 28.9 Å². The molecule has 1 aliphatic rings. The van der Waals surface area contributed by atoms with Crippen molar-refractivity contribution in [2.75, 3.05) is 39.3 Å². The number of rotatable bonds is 7. The van der Waals surface area contributed by atoms with Gasteiger partial charge in [0, 0.05) is 32.7 Å². The van der Waals surface area contributed by atoms with Crippen molar-refractivity contribution in [3.63, 3.8) is 0 Å². The Kier molecular flexibility index (Phi) is 8.62. The van der Waals surface area contributed by atoms with Crippen LogP contribution in [0.4, 0.5) is 8.78 Å². The minimum Gasteiger partial charge on any atom is -0.433 e. The number of thiophene rings is 1. The number of alkyl halides is 2. The SMILES string of the molecule is Cl.O=C(NCCCN1CCNCC1)c1sccc1OC(F)F. The van der Waals surface area contributed by atoms with E-state index < -0.39 is 6.61 Å². The van der Waals surface area contributed by atoms with E-state index >= 15 is 0 Å². The van der Waals surface area contributed by atoms with Gasteiger partial charge in [0.05, 0.1) is 0 Å². The van der Waals surface area contributed by atoms with Gasteiger partial charge in [-0.1, -0.05) is 0 Å². The number of nitrogens with zero attached hydrogens (tertiary/aromatic N) is 1. The van der Waals surface area contributed by atoms with Gasteiger partial charge < -0.3 is 20.3 Å². The van der Waals surface area contributed by atoms with Gasteiger partial charge in [0.2, 0.25) is 0 Å². The topological polar surface area (TPSA) is 53.6 Å². The zero-order valence-electron chi connectivity index (χ0n) is 12.0. The van der Waals surface area contributed by atoms with Gasteiger partial charge in [0.25, 0.3) is 5.91 Å². The van der Waals surface area contributed by atoms with Crippen molar-refractivity contribution in [1.82, 2.24) is 15.5 Å². The second-order valence-electron chi connectivity index (χ2n) is 4.69. The maximum atomic E-state index is 12.2. The van der Waals surface area contributed by atoms with Crippen LogP contribution in [0.3, 0.4) is 0 Å². The van der Waals surface area contributed by atoms with E-state index in [1.807, 2.05) is 0 Å². The normalized spacial score (nSPS) is 15.4. The zero-order chi connectivity index (χ0) is 15.1. The van der Waals surface area contributed by atoms with E-state index in [0.717, 1.165) is 50.5 Å². The highest BCUT2D eigenvalue weighted by atomic mass is 35.5. The van der Waals surface area contributed by atoms with Crippen molar-refractivity contribution in [2.24, 2.45) is 0 Å². The summed E-state index contributed by atoms with van der Waals surface area (Å²) < 4.78 is 28.7. The first-order valence-electron chi connectivity index (χ1n) is 6.90. The van der Waals surface area contributed by atoms with Gasteiger partial charge in [0.15, 0.2) is 0 Å². The van der Waals surface area contributed by atoms with Crippen LogP contribution in [0.25, 0.3) is 0 Å². The standard InChI is InChI=1S/C13H19F2N3O2S.ClH/c14-13(15)20-10-2-9-21-11(10)12(19)17-3-1-6-18-7-4-16-5-8-18;/h2,9,13,16H,1,3-8H2,(H,17,19);1H. The molecule has 2 heterocycles. The maximum absolute atomic E-state index is 12.2. The second-order valence-corrected chi connectivity index (χ2v) is 5.61. The predicted octanol–water partition coefficient (Wildman–Crippen LogP) is 1.80. The Labute approximate surface area is 138 Å². The second kappa shape index (κ2) is 9.94. The highest BCUT2D eigenvalue weighted by molar-refractivity contribution is 7.12. The molecule has 0 radical (unpaired) electrons. The third-order valence-electron chi connectivity index (χ3n) is 3.20. The molecule has 9 heteroatoms. The average Bonchev–Trinajstić information content (AvgIpc) is 2.92. The number of hydrogen-bond acceptors (Lipinski definition) is 5. The largest absolute Gasteiger partial charge is 0.433 e. The molecule has 126 valence electrons. The summed E-state index contributed by atoms with van der Waals surface area (Å²) in [5, 5.41) is 7.58. The lowest BCUT2D eigenvalue weighted by molar-refractivity contribution is -0.0498. The number of carbonyl (C=O) groups excluding carboxylic acids is 1. The van der Waals surface area contributed by atoms with E-state index in [9.17, 15) is 13.6 Å². The van der Waals surface area contributed by atoms with Gasteiger partial charge in [-0.2, -0.15) is 8.78 Å². The van der Waals surface area contributed by atoms with Gasteiger partial charge in [-0.05, 0) is 24.4 Å². The summed E-state index contributed by atoms with van der Waals surface area (Å²) >= 11 is 1.10. The maximum Gasteiger partial charge on any atom is 0.387 e. The molecule has 0 saturated carbocycles. The van der Waals surface area contributed by atoms with Crippen LogP contribution in [-0.4, -0.2) is 56.7 Å². The molecule has 1 fully saturated rings. The molecule has 0 aromatic carbocycles. The number of piperazine rings is 1. The molecule has 0 atom stereocenters. The summed E-state index contributed by atoms with van der Waals surface area (Å²) in [6, 6.07) is 1.38. The Balaban J connectivity index is 0.00000242. The lowest BCUT2D eigenvalue weighted by atomic mass is 10.3. The van der Waals surface area contributed by atoms with Crippen LogP contribution < -0.4 is 15.4 Å². The van der Waals surface area contributed by atoms with Crippen LogP contribution in [-0.2, 0) is 0 Å². The Hall–Kier alpha value is -0.960. The van der Waals surface area contributed by atoms with Crippen molar-refractivity contribution in [1.29, 1.82) is 0 Å². The van der Waals surface area contributed by atoms with Gasteiger partial charge in [-0.25, -0.2) is 0 Å². The van der Waals surface area contributed by atoms with Gasteiger partial charge in [0.1, 0.15) is 10.6 Å². The molecular formula is C13H20ClF2N3O2S. The molecule has 1 amide bonds. The molecule has 2 rings (SSSR count). The summed E-state index contributed by atoms with van der Waals surface area (Å²) in [7, 11) is 0. The molecular weight excluding hydrogens is 336 g/mol. The van der Waals surface area contributed by atoms with Gasteiger partial charge in [-0.3, -0.25) is 4.79 Å². The fourth-order valence-electron chi connectivity index (χ4n) is 2.17. The van der Waals surface area contributed by atoms with Crippen LogP contribution in [0.2, 0.25) is 0 Å². The summed E-state index contributed by atoms with van der Waals surface area (Å²) in [5.74, 6) is -0.421. The van der Waals surface area contributed by atoms with Gasteiger partial charge >= 0.3 is 6.61 Å². The first kappa shape index (κ1) is 19.1. The summed E-state index contributed by atoms with van der Waals surface area (Å²) in [4.78, 5) is 14.4. The fraction of sp³-hybridized carbons (Fsp3) is 0.615. The highest BCUT2D eigenvalue weighted by Crippen LogP contribution is 2.26. The van der Waals surface area contributed by atoms with E-state index in [1.54, 1.807) is 5.38 Å². The smallest absolute Gasteiger partial charge is 0.387 e. The Morgan fingerprint density at radius 2 is 2.18 bits per heavy atom. The number of carbonyl (C=O) groups is 1. The van der Waals surface area contributed by atoms with Crippen molar-refractivity contribution >= 4 is 29.7 Å². The van der Waals surface area contributed by atoms with Crippen LogP contribution in [0, 0.1) is 0 Å². The predicted molar refractivity (Wildman–Crippen MR) is 84.5 cm³/mol. The molecule has 5 nitrogen and oxygen atoms in total. The van der Waals surface area contributed by atoms with Crippen LogP contribution in [0.5, 0.6) is 5.75 Å². The summed E-state index contributed by atoms with van der Waals surface area (Å²) in [6.07, 6.45) is 0.835. The Morgan fingerprint density at radius 1 is 1.45 bits per heavy atom. The molecule has 1 aromatic rings. The Bertz CT molecular complexity index is 456. The van der Waals surface area contributed by atoms with Crippen LogP contribution in [0.15, 0.2) is 11.4 Å². The first-order chi connectivity index (χ1) is 10.2. The van der Waals surface area contributed by atoms with Crippen molar-refractivity contribution < 1.29 is 18.3 Å². The molecule has 0 aliphatic carbocycles. The van der Waals surface area contributed by atoms with Crippen molar-refractivity contribution in [3.05, 3.63) is 16.3 Å². The van der Waals surface area contributed by atoms with Gasteiger partial charge in [-0.15, -0.1) is 23.7 Å². The first-order valence-corrected chi connectivity index (χ1v) is 7.78. The molecule has 2 N–H and O–H groups in total. The minimum atomic E-state index is -2.92. The molecule has 1 saturated heterocycles. The van der Waals surface area contributed by atoms with E-state index in [4.69, 9.17) is 0 Å². The average molecular weight is 356 g/mol. The minimum absolute atomic E-state index is 0. The van der Waals surface area contributed by atoms with E-state index in [2.05, 4.69) is 20.3 Å². The molecule has 1 aromatic heterocycles. The van der Waals surface area contributed by atoms with Crippen molar-refractivity contribution in [3.8, 4) is 5.75 Å². The van der Waals surface area contributed by atoms with Crippen LogP contribution >= 0.6 is 23.7 Å². The summed E-state index contributed by atoms with van der Waals surface area (Å²) in [5.41, 5.74) is 0. The number of ether oxygens (including phenoxy) is 1. The third kappa shape index (κ3) is 6.04. The number of hydrogen-bond donors (Lipinski definition) is 2. The molecule has 22 heavy (non-hydrogen) atoms. The summed E-state index contributed by atoms with van der Waals surface area (Å²) in [6.45, 7) is 2.56.